The summed E-state index contributed by atoms with van der Waals surface area (Å²) < 4.78 is 4.72. The molecule has 0 unspecified atom stereocenters. The number of esters is 1. The first-order valence-corrected chi connectivity index (χ1v) is 7.73. The van der Waals surface area contributed by atoms with Crippen LogP contribution >= 0.6 is 0 Å². The lowest BCUT2D eigenvalue weighted by atomic mass is 9.97. The summed E-state index contributed by atoms with van der Waals surface area (Å²) in [6.45, 7) is 2.75. The topological polar surface area (TPSA) is 29.5 Å². The van der Waals surface area contributed by atoms with E-state index in [0.29, 0.717) is 6.42 Å². The maximum Gasteiger partial charge on any atom is 0.305 e. The van der Waals surface area contributed by atoms with Crippen LogP contribution in [-0.2, 0) is 22.6 Å². The zero-order chi connectivity index (χ0) is 15.4. The lowest BCUT2D eigenvalue weighted by Crippen LogP contribution is -2.23. The van der Waals surface area contributed by atoms with Crippen molar-refractivity contribution >= 4 is 5.97 Å². The van der Waals surface area contributed by atoms with E-state index in [4.69, 9.17) is 4.74 Å². The molecule has 0 radical (unpaired) electrons. The van der Waals surface area contributed by atoms with Crippen LogP contribution in [0.2, 0.25) is 0 Å². The number of carbonyl (C=O) groups excluding carboxylic acids is 1. The summed E-state index contributed by atoms with van der Waals surface area (Å²) in [4.78, 5) is 13.7. The number of hydrogen-bond donors (Lipinski definition) is 0. The van der Waals surface area contributed by atoms with Crippen LogP contribution in [0.4, 0.5) is 0 Å². The first-order valence-electron chi connectivity index (χ1n) is 7.73. The maximum atomic E-state index is 11.3. The quantitative estimate of drug-likeness (QED) is 0.807. The molecular weight excluding hydrogens is 274 g/mol. The Balaban J connectivity index is 1.81. The van der Waals surface area contributed by atoms with Gasteiger partial charge in [-0.1, -0.05) is 48.5 Å². The van der Waals surface area contributed by atoms with Crippen LogP contribution in [0.15, 0.2) is 48.5 Å². The van der Waals surface area contributed by atoms with Crippen molar-refractivity contribution in [3.05, 3.63) is 59.7 Å². The number of rotatable bonds is 4. The predicted molar refractivity (Wildman–Crippen MR) is 87.2 cm³/mol. The molecule has 0 saturated carbocycles. The number of fused-ring (bicyclic) bond motifs is 3. The van der Waals surface area contributed by atoms with E-state index in [1.54, 1.807) is 0 Å². The number of benzene rings is 2. The Bertz CT molecular complexity index is 618. The van der Waals surface area contributed by atoms with Crippen molar-refractivity contribution in [2.75, 3.05) is 13.7 Å². The number of carbonyl (C=O) groups is 1. The Kier molecular flexibility index (Phi) is 4.54. The summed E-state index contributed by atoms with van der Waals surface area (Å²) in [6, 6.07) is 17.2. The summed E-state index contributed by atoms with van der Waals surface area (Å²) in [5.41, 5.74) is 5.36. The Morgan fingerprint density at radius 2 is 1.55 bits per heavy atom. The van der Waals surface area contributed by atoms with Crippen LogP contribution in [0.1, 0.15) is 24.0 Å². The van der Waals surface area contributed by atoms with Crippen molar-refractivity contribution < 1.29 is 9.53 Å². The lowest BCUT2D eigenvalue weighted by Gasteiger charge is -2.20. The SMILES string of the molecule is COC(=O)CCCN1Cc2ccccc2-c2ccccc2C1. The van der Waals surface area contributed by atoms with Crippen molar-refractivity contribution in [1.82, 2.24) is 4.90 Å². The minimum atomic E-state index is -0.129. The van der Waals surface area contributed by atoms with Gasteiger partial charge in [0.1, 0.15) is 0 Å². The van der Waals surface area contributed by atoms with Crippen LogP contribution in [0.25, 0.3) is 11.1 Å². The second-order valence-electron chi connectivity index (χ2n) is 5.70. The van der Waals surface area contributed by atoms with Crippen LogP contribution in [-0.4, -0.2) is 24.5 Å². The van der Waals surface area contributed by atoms with Gasteiger partial charge in [-0.15, -0.1) is 0 Å². The molecule has 0 bridgehead atoms. The average Bonchev–Trinajstić information content (AvgIpc) is 2.71. The molecule has 2 aromatic rings. The molecule has 3 heteroatoms. The van der Waals surface area contributed by atoms with Gasteiger partial charge < -0.3 is 4.74 Å². The molecule has 2 aromatic carbocycles. The first kappa shape index (κ1) is 14.8. The summed E-state index contributed by atoms with van der Waals surface area (Å²) in [6.07, 6.45) is 1.31. The van der Waals surface area contributed by atoms with Crippen molar-refractivity contribution in [2.45, 2.75) is 25.9 Å². The van der Waals surface area contributed by atoms with E-state index in [1.807, 2.05) is 0 Å². The molecule has 1 aliphatic rings. The standard InChI is InChI=1S/C19H21NO2/c1-22-19(21)11-6-12-20-13-15-7-2-4-9-17(15)18-10-5-3-8-16(18)14-20/h2-5,7-10H,6,11-14H2,1H3. The van der Waals surface area contributed by atoms with Gasteiger partial charge >= 0.3 is 5.97 Å². The minimum absolute atomic E-state index is 0.129. The Morgan fingerprint density at radius 3 is 2.09 bits per heavy atom. The highest BCUT2D eigenvalue weighted by Crippen LogP contribution is 2.32. The summed E-state index contributed by atoms with van der Waals surface area (Å²) >= 11 is 0. The molecule has 1 aliphatic heterocycles. The van der Waals surface area contributed by atoms with Gasteiger partial charge in [0.25, 0.3) is 0 Å². The van der Waals surface area contributed by atoms with Gasteiger partial charge in [-0.05, 0) is 35.2 Å². The smallest absolute Gasteiger partial charge is 0.305 e. The third kappa shape index (κ3) is 3.20. The van der Waals surface area contributed by atoms with Gasteiger partial charge in [0.2, 0.25) is 0 Å². The average molecular weight is 295 g/mol. The zero-order valence-electron chi connectivity index (χ0n) is 12.9. The lowest BCUT2D eigenvalue weighted by molar-refractivity contribution is -0.140. The Labute approximate surface area is 131 Å². The van der Waals surface area contributed by atoms with E-state index in [1.165, 1.54) is 29.4 Å². The van der Waals surface area contributed by atoms with Crippen LogP contribution in [0, 0.1) is 0 Å². The van der Waals surface area contributed by atoms with E-state index in [9.17, 15) is 4.79 Å². The molecule has 0 spiro atoms. The largest absolute Gasteiger partial charge is 0.469 e. The minimum Gasteiger partial charge on any atom is -0.469 e. The number of nitrogens with zero attached hydrogens (tertiary/aromatic N) is 1. The molecular formula is C19H21NO2. The fraction of sp³-hybridized carbons (Fsp3) is 0.316. The molecule has 3 rings (SSSR count). The second kappa shape index (κ2) is 6.75. The van der Waals surface area contributed by atoms with Crippen molar-refractivity contribution in [3.8, 4) is 11.1 Å². The van der Waals surface area contributed by atoms with Crippen molar-refractivity contribution in [2.24, 2.45) is 0 Å². The summed E-state index contributed by atoms with van der Waals surface area (Å²) in [5, 5.41) is 0. The monoisotopic (exact) mass is 295 g/mol. The van der Waals surface area contributed by atoms with Gasteiger partial charge in [0.05, 0.1) is 7.11 Å². The molecule has 0 N–H and O–H groups in total. The molecule has 22 heavy (non-hydrogen) atoms. The maximum absolute atomic E-state index is 11.3. The van der Waals surface area contributed by atoms with Gasteiger partial charge in [-0.25, -0.2) is 0 Å². The van der Waals surface area contributed by atoms with E-state index < -0.39 is 0 Å². The van der Waals surface area contributed by atoms with Crippen molar-refractivity contribution in [1.29, 1.82) is 0 Å². The molecule has 0 amide bonds. The second-order valence-corrected chi connectivity index (χ2v) is 5.70. The van der Waals surface area contributed by atoms with Gasteiger partial charge in [-0.3, -0.25) is 9.69 Å². The van der Waals surface area contributed by atoms with Crippen molar-refractivity contribution in [3.63, 3.8) is 0 Å². The summed E-state index contributed by atoms with van der Waals surface area (Å²) in [5.74, 6) is -0.129. The fourth-order valence-electron chi connectivity index (χ4n) is 3.09. The fourth-order valence-corrected chi connectivity index (χ4v) is 3.09. The Morgan fingerprint density at radius 1 is 1.00 bits per heavy atom. The molecule has 0 fully saturated rings. The van der Waals surface area contributed by atoms with Crippen LogP contribution in [0.5, 0.6) is 0 Å². The van der Waals surface area contributed by atoms with Crippen LogP contribution in [0.3, 0.4) is 0 Å². The molecule has 0 aliphatic carbocycles. The molecule has 0 saturated heterocycles. The number of methoxy groups -OCH3 is 1. The van der Waals surface area contributed by atoms with Gasteiger partial charge in [0.15, 0.2) is 0 Å². The molecule has 3 nitrogen and oxygen atoms in total. The van der Waals surface area contributed by atoms with Crippen LogP contribution < -0.4 is 0 Å². The van der Waals surface area contributed by atoms with Gasteiger partial charge in [-0.2, -0.15) is 0 Å². The summed E-state index contributed by atoms with van der Waals surface area (Å²) in [7, 11) is 1.45. The molecule has 0 aromatic heterocycles. The highest BCUT2D eigenvalue weighted by atomic mass is 16.5. The highest BCUT2D eigenvalue weighted by Gasteiger charge is 2.18. The highest BCUT2D eigenvalue weighted by molar-refractivity contribution is 5.71. The number of ether oxygens (including phenoxy) is 1. The first-order chi connectivity index (χ1) is 10.8. The zero-order valence-corrected chi connectivity index (χ0v) is 12.9. The van der Waals surface area contributed by atoms with E-state index >= 15 is 0 Å². The molecule has 114 valence electrons. The normalized spacial score (nSPS) is 13.9. The van der Waals surface area contributed by atoms with E-state index in [0.717, 1.165) is 26.1 Å². The third-order valence-electron chi connectivity index (χ3n) is 4.20. The molecule has 0 atom stereocenters. The number of hydrogen-bond acceptors (Lipinski definition) is 3. The van der Waals surface area contributed by atoms with E-state index in [2.05, 4.69) is 53.4 Å². The third-order valence-corrected chi connectivity index (χ3v) is 4.20. The predicted octanol–water partition coefficient (Wildman–Crippen LogP) is 3.62. The molecule has 1 heterocycles. The Hall–Kier alpha value is -2.13. The van der Waals surface area contributed by atoms with E-state index in [-0.39, 0.29) is 5.97 Å². The van der Waals surface area contributed by atoms with Gasteiger partial charge in [0, 0.05) is 19.5 Å².